The van der Waals surface area contributed by atoms with Crippen LogP contribution in [0.4, 0.5) is 0 Å². The van der Waals surface area contributed by atoms with Gasteiger partial charge in [-0.05, 0) is 50.5 Å². The first kappa shape index (κ1) is 22.7. The lowest BCUT2D eigenvalue weighted by atomic mass is 10.1. The number of carbonyl (C=O) groups is 2. The van der Waals surface area contributed by atoms with Crippen LogP contribution in [0, 0.1) is 0 Å². The van der Waals surface area contributed by atoms with Crippen LogP contribution in [-0.4, -0.2) is 37.1 Å². The van der Waals surface area contributed by atoms with Crippen molar-refractivity contribution in [1.82, 2.24) is 0 Å². The van der Waals surface area contributed by atoms with Gasteiger partial charge in [0, 0.05) is 0 Å². The van der Waals surface area contributed by atoms with Gasteiger partial charge in [0.1, 0.15) is 11.3 Å². The normalized spacial score (nSPS) is 13.2. The smallest absolute Gasteiger partial charge is 0.446 e. The molecule has 2 atom stereocenters. The van der Waals surface area contributed by atoms with Crippen molar-refractivity contribution in [2.24, 2.45) is 0 Å². The van der Waals surface area contributed by atoms with Crippen molar-refractivity contribution >= 4 is 28.4 Å². The van der Waals surface area contributed by atoms with Crippen molar-refractivity contribution in [2.45, 2.75) is 52.7 Å². The van der Waals surface area contributed by atoms with Gasteiger partial charge < -0.3 is 13.7 Å². The molecule has 0 saturated heterocycles. The van der Waals surface area contributed by atoms with Crippen LogP contribution in [0.1, 0.15) is 46.1 Å². The fraction of sp³-hybridized carbons (Fsp3) is 0.444. The van der Waals surface area contributed by atoms with E-state index in [-0.39, 0.29) is 23.5 Å². The maximum Gasteiger partial charge on any atom is 0.446 e. The van der Waals surface area contributed by atoms with E-state index in [0.717, 1.165) is 0 Å². The van der Waals surface area contributed by atoms with E-state index in [4.69, 9.17) is 14.0 Å². The van der Waals surface area contributed by atoms with Crippen LogP contribution in [0.5, 0.6) is 5.75 Å². The Labute approximate surface area is 159 Å². The van der Waals surface area contributed by atoms with Gasteiger partial charge in [-0.1, -0.05) is 26.0 Å². The number of esters is 2. The third kappa shape index (κ3) is 8.23. The number of hydrogen-bond acceptors (Lipinski definition) is 7. The van der Waals surface area contributed by atoms with Gasteiger partial charge in [0.05, 0.1) is 12.2 Å². The molecule has 2 unspecified atom stereocenters. The Morgan fingerprint density at radius 3 is 1.81 bits per heavy atom. The molecule has 9 heteroatoms. The summed E-state index contributed by atoms with van der Waals surface area (Å²) < 4.78 is 44.8. The number of rotatable bonds is 9. The van der Waals surface area contributed by atoms with E-state index in [1.54, 1.807) is 13.8 Å². The van der Waals surface area contributed by atoms with E-state index in [2.05, 4.69) is 4.18 Å². The van der Waals surface area contributed by atoms with E-state index in [0.29, 0.717) is 18.4 Å². The van der Waals surface area contributed by atoms with Crippen molar-refractivity contribution in [1.29, 1.82) is 0 Å². The second-order valence-electron chi connectivity index (χ2n) is 5.89. The topological polar surface area (TPSA) is 116 Å². The highest BCUT2D eigenvalue weighted by molar-refractivity contribution is 7.81. The summed E-state index contributed by atoms with van der Waals surface area (Å²) in [7, 11) is -4.64. The van der Waals surface area contributed by atoms with Gasteiger partial charge in [-0.25, -0.2) is 9.59 Å². The molecule has 150 valence electrons. The van der Waals surface area contributed by atoms with Crippen molar-refractivity contribution < 1.29 is 36.2 Å². The second-order valence-corrected chi connectivity index (χ2v) is 6.91. The third-order valence-corrected chi connectivity index (χ3v) is 4.00. The van der Waals surface area contributed by atoms with Crippen LogP contribution < -0.4 is 4.18 Å². The van der Waals surface area contributed by atoms with Crippen LogP contribution >= 0.6 is 0 Å². The molecule has 0 spiro atoms. The molecule has 0 aliphatic heterocycles. The maximum atomic E-state index is 12.4. The lowest BCUT2D eigenvalue weighted by Crippen LogP contribution is -2.24. The second kappa shape index (κ2) is 10.1. The van der Waals surface area contributed by atoms with E-state index in [1.165, 1.54) is 30.3 Å². The minimum Gasteiger partial charge on any atom is -0.459 e. The van der Waals surface area contributed by atoms with Crippen LogP contribution in [0.25, 0.3) is 6.08 Å². The van der Waals surface area contributed by atoms with Crippen LogP contribution in [0.3, 0.4) is 0 Å². The molecule has 0 aliphatic rings. The first-order chi connectivity index (χ1) is 12.6. The first-order valence-electron chi connectivity index (χ1n) is 8.46. The van der Waals surface area contributed by atoms with E-state index >= 15 is 0 Å². The summed E-state index contributed by atoms with van der Waals surface area (Å²) in [5.74, 6) is -1.74. The molecule has 1 rings (SSSR count). The summed E-state index contributed by atoms with van der Waals surface area (Å²) in [6, 6.07) is 5.34. The van der Waals surface area contributed by atoms with Crippen molar-refractivity contribution in [3.05, 3.63) is 35.4 Å². The highest BCUT2D eigenvalue weighted by atomic mass is 32.3. The zero-order valence-corrected chi connectivity index (χ0v) is 16.5. The van der Waals surface area contributed by atoms with Crippen molar-refractivity contribution in [3.63, 3.8) is 0 Å². The van der Waals surface area contributed by atoms with E-state index in [9.17, 15) is 18.0 Å². The predicted molar refractivity (Wildman–Crippen MR) is 98.3 cm³/mol. The molecule has 0 aromatic heterocycles. The average molecular weight is 400 g/mol. The number of benzene rings is 1. The zero-order chi connectivity index (χ0) is 20.6. The van der Waals surface area contributed by atoms with E-state index < -0.39 is 22.3 Å². The SMILES string of the molecule is CCC(C)OC(=O)C(=Cc1ccc(OS(=O)(=O)O)cc1)C(=O)OC(C)CC. The number of hydrogen-bond donors (Lipinski definition) is 1. The summed E-state index contributed by atoms with van der Waals surface area (Å²) in [4.78, 5) is 24.7. The van der Waals surface area contributed by atoms with Crippen LogP contribution in [0.15, 0.2) is 29.8 Å². The molecule has 27 heavy (non-hydrogen) atoms. The van der Waals surface area contributed by atoms with Crippen LogP contribution in [0.2, 0.25) is 0 Å². The average Bonchev–Trinajstić information content (AvgIpc) is 2.59. The van der Waals surface area contributed by atoms with Gasteiger partial charge in [-0.3, -0.25) is 4.55 Å². The minimum absolute atomic E-state index is 0.124. The molecule has 1 aromatic rings. The Morgan fingerprint density at radius 2 is 1.44 bits per heavy atom. The standard InChI is InChI=1S/C18H24O8S/c1-5-12(3)24-17(19)16(18(20)25-13(4)6-2)11-14-7-9-15(10-8-14)26-27(21,22)23/h7-13H,5-6H2,1-4H3,(H,21,22,23). The maximum absolute atomic E-state index is 12.4. The molecular weight excluding hydrogens is 376 g/mol. The fourth-order valence-corrected chi connectivity index (χ4v) is 2.12. The van der Waals surface area contributed by atoms with Gasteiger partial charge in [0.25, 0.3) is 0 Å². The Balaban J connectivity index is 3.13. The summed E-state index contributed by atoms with van der Waals surface area (Å²) >= 11 is 0. The van der Waals surface area contributed by atoms with Gasteiger partial charge >= 0.3 is 22.3 Å². The molecule has 0 saturated carbocycles. The Kier molecular flexibility index (Phi) is 8.45. The van der Waals surface area contributed by atoms with Gasteiger partial charge in [-0.2, -0.15) is 8.42 Å². The lowest BCUT2D eigenvalue weighted by molar-refractivity contribution is -0.151. The number of ether oxygens (including phenoxy) is 2. The molecule has 0 radical (unpaired) electrons. The fourth-order valence-electron chi connectivity index (χ4n) is 1.77. The quantitative estimate of drug-likeness (QED) is 0.221. The Morgan fingerprint density at radius 1 is 1.00 bits per heavy atom. The summed E-state index contributed by atoms with van der Waals surface area (Å²) in [6.45, 7) is 7.09. The highest BCUT2D eigenvalue weighted by Crippen LogP contribution is 2.18. The molecule has 0 heterocycles. The number of carbonyl (C=O) groups excluding carboxylic acids is 2. The van der Waals surface area contributed by atoms with Crippen molar-refractivity contribution in [2.75, 3.05) is 0 Å². The first-order valence-corrected chi connectivity index (χ1v) is 9.82. The van der Waals surface area contributed by atoms with Gasteiger partial charge in [0.2, 0.25) is 0 Å². The molecule has 0 aliphatic carbocycles. The zero-order valence-electron chi connectivity index (χ0n) is 15.7. The molecule has 0 fully saturated rings. The molecule has 8 nitrogen and oxygen atoms in total. The molecule has 0 amide bonds. The van der Waals surface area contributed by atoms with Crippen molar-refractivity contribution in [3.8, 4) is 5.75 Å². The monoisotopic (exact) mass is 400 g/mol. The summed E-state index contributed by atoms with van der Waals surface area (Å²) in [5.41, 5.74) is 0.133. The molecule has 1 aromatic carbocycles. The van der Waals surface area contributed by atoms with Crippen LogP contribution in [-0.2, 0) is 29.5 Å². The predicted octanol–water partition coefficient (Wildman–Crippen LogP) is 2.94. The minimum atomic E-state index is -4.64. The Hall–Kier alpha value is -2.39. The Bertz CT molecular complexity index is 754. The van der Waals surface area contributed by atoms with Gasteiger partial charge in [0.15, 0.2) is 0 Å². The molecular formula is C18H24O8S. The molecule has 1 N–H and O–H groups in total. The highest BCUT2D eigenvalue weighted by Gasteiger charge is 2.24. The van der Waals surface area contributed by atoms with E-state index in [1.807, 2.05) is 13.8 Å². The molecule has 0 bridgehead atoms. The summed E-state index contributed by atoms with van der Waals surface area (Å²) in [5, 5.41) is 0. The van der Waals surface area contributed by atoms with Gasteiger partial charge in [-0.15, -0.1) is 0 Å². The third-order valence-electron chi connectivity index (χ3n) is 3.60. The largest absolute Gasteiger partial charge is 0.459 e. The summed E-state index contributed by atoms with van der Waals surface area (Å²) in [6.07, 6.45) is 1.71. The lowest BCUT2D eigenvalue weighted by Gasteiger charge is -2.15.